The number of nitrogens with one attached hydrogen (secondary N) is 1. The summed E-state index contributed by atoms with van der Waals surface area (Å²) >= 11 is 9.23. The number of rotatable bonds is 2. The summed E-state index contributed by atoms with van der Waals surface area (Å²) in [6.45, 7) is 1.74. The second kappa shape index (κ2) is 5.19. The fraction of sp³-hybridized carbons (Fsp3) is 0.167. The molecule has 1 N–H and O–H groups in total. The molecule has 0 aliphatic carbocycles. The molecule has 1 aromatic heterocycles. The van der Waals surface area contributed by atoms with Crippen LogP contribution in [-0.2, 0) is 7.05 Å². The van der Waals surface area contributed by atoms with Gasteiger partial charge in [-0.3, -0.25) is 4.68 Å². The zero-order chi connectivity index (χ0) is 14.2. The lowest BCUT2D eigenvalue weighted by molar-refractivity contribution is 0.627. The molecule has 1 heterocycles. The van der Waals surface area contributed by atoms with Gasteiger partial charge in [0.1, 0.15) is 23.3 Å². The number of anilines is 2. The molecule has 0 aliphatic heterocycles. The minimum absolute atomic E-state index is 0.217. The summed E-state index contributed by atoms with van der Waals surface area (Å²) < 4.78 is 15.2. The van der Waals surface area contributed by atoms with Gasteiger partial charge in [-0.05, 0) is 35.0 Å². The number of hydrogen-bond acceptors (Lipinski definition) is 3. The van der Waals surface area contributed by atoms with Crippen LogP contribution in [0.15, 0.2) is 16.6 Å². The van der Waals surface area contributed by atoms with E-state index in [2.05, 4.69) is 32.4 Å². The Morgan fingerprint density at radius 3 is 2.79 bits per heavy atom. The van der Waals surface area contributed by atoms with Crippen LogP contribution in [0.25, 0.3) is 0 Å². The van der Waals surface area contributed by atoms with Crippen molar-refractivity contribution in [3.05, 3.63) is 38.7 Å². The molecule has 19 heavy (non-hydrogen) atoms. The maximum Gasteiger partial charge on any atom is 0.146 e. The lowest BCUT2D eigenvalue weighted by atomic mass is 10.2. The molecule has 0 fully saturated rings. The SMILES string of the molecule is Cc1nn(C)c(Nc2c(Cl)cc(F)cc2Br)c1C#N. The van der Waals surface area contributed by atoms with E-state index in [4.69, 9.17) is 16.9 Å². The molecule has 0 spiro atoms. The van der Waals surface area contributed by atoms with Crippen molar-refractivity contribution in [3.63, 3.8) is 0 Å². The molecule has 0 radical (unpaired) electrons. The number of nitrogens with zero attached hydrogens (tertiary/aromatic N) is 3. The Labute approximate surface area is 122 Å². The zero-order valence-electron chi connectivity index (χ0n) is 10.1. The lowest BCUT2D eigenvalue weighted by Crippen LogP contribution is -2.02. The normalized spacial score (nSPS) is 10.3. The predicted octanol–water partition coefficient (Wildman–Crippen LogP) is 3.90. The second-order valence-corrected chi connectivity index (χ2v) is 5.18. The van der Waals surface area contributed by atoms with E-state index >= 15 is 0 Å². The fourth-order valence-corrected chi connectivity index (χ4v) is 2.61. The van der Waals surface area contributed by atoms with E-state index in [1.54, 1.807) is 18.7 Å². The van der Waals surface area contributed by atoms with Crippen LogP contribution in [0.3, 0.4) is 0 Å². The Bertz CT molecular complexity index is 667. The van der Waals surface area contributed by atoms with Gasteiger partial charge in [-0.1, -0.05) is 11.6 Å². The molecule has 7 heteroatoms. The van der Waals surface area contributed by atoms with Crippen LogP contribution in [0.1, 0.15) is 11.3 Å². The van der Waals surface area contributed by atoms with Crippen LogP contribution in [0.5, 0.6) is 0 Å². The predicted molar refractivity (Wildman–Crippen MR) is 75.1 cm³/mol. The van der Waals surface area contributed by atoms with Gasteiger partial charge in [0.05, 0.1) is 16.4 Å². The van der Waals surface area contributed by atoms with Crippen molar-refractivity contribution in [2.24, 2.45) is 7.05 Å². The Hall–Kier alpha value is -1.58. The maximum atomic E-state index is 13.2. The average molecular weight is 344 g/mol. The first kappa shape index (κ1) is 13.8. The van der Waals surface area contributed by atoms with E-state index in [9.17, 15) is 4.39 Å². The molecule has 0 unspecified atom stereocenters. The van der Waals surface area contributed by atoms with Crippen molar-refractivity contribution in [2.75, 3.05) is 5.32 Å². The molecule has 0 bridgehead atoms. The average Bonchev–Trinajstić information content (AvgIpc) is 2.57. The van der Waals surface area contributed by atoms with Crippen LogP contribution in [0, 0.1) is 24.1 Å². The number of benzene rings is 1. The first-order valence-corrected chi connectivity index (χ1v) is 6.46. The van der Waals surface area contributed by atoms with Gasteiger partial charge in [-0.25, -0.2) is 4.39 Å². The summed E-state index contributed by atoms with van der Waals surface area (Å²) in [7, 11) is 1.71. The van der Waals surface area contributed by atoms with Gasteiger partial charge in [-0.15, -0.1) is 0 Å². The fourth-order valence-electron chi connectivity index (χ4n) is 1.72. The van der Waals surface area contributed by atoms with E-state index in [-0.39, 0.29) is 5.02 Å². The third-order valence-corrected chi connectivity index (χ3v) is 3.51. The van der Waals surface area contributed by atoms with Gasteiger partial charge in [0.2, 0.25) is 0 Å². The van der Waals surface area contributed by atoms with Crippen molar-refractivity contribution in [3.8, 4) is 6.07 Å². The van der Waals surface area contributed by atoms with Crippen LogP contribution >= 0.6 is 27.5 Å². The van der Waals surface area contributed by atoms with Gasteiger partial charge in [0, 0.05) is 11.5 Å². The largest absolute Gasteiger partial charge is 0.337 e. The highest BCUT2D eigenvalue weighted by molar-refractivity contribution is 9.10. The molecule has 98 valence electrons. The van der Waals surface area contributed by atoms with Crippen molar-refractivity contribution in [1.82, 2.24) is 9.78 Å². The third kappa shape index (κ3) is 2.57. The molecule has 2 aromatic rings. The number of nitriles is 1. The molecule has 0 atom stereocenters. The Morgan fingerprint density at radius 1 is 1.53 bits per heavy atom. The highest BCUT2D eigenvalue weighted by atomic mass is 79.9. The summed E-state index contributed by atoms with van der Waals surface area (Å²) in [5.41, 5.74) is 1.53. The van der Waals surface area contributed by atoms with Gasteiger partial charge < -0.3 is 5.32 Å². The smallest absolute Gasteiger partial charge is 0.146 e. The third-order valence-electron chi connectivity index (χ3n) is 2.58. The maximum absolute atomic E-state index is 13.2. The molecular formula is C12H9BrClFN4. The minimum atomic E-state index is -0.441. The molecule has 2 rings (SSSR count). The second-order valence-electron chi connectivity index (χ2n) is 3.91. The summed E-state index contributed by atoms with van der Waals surface area (Å²) in [5, 5.41) is 16.5. The Kier molecular flexibility index (Phi) is 3.78. The summed E-state index contributed by atoms with van der Waals surface area (Å²) in [6.07, 6.45) is 0. The molecule has 0 aliphatic rings. The number of halogens is 3. The van der Waals surface area contributed by atoms with Crippen molar-refractivity contribution >= 4 is 39.0 Å². The Morgan fingerprint density at radius 2 is 2.21 bits per heavy atom. The minimum Gasteiger partial charge on any atom is -0.337 e. The topological polar surface area (TPSA) is 53.6 Å². The van der Waals surface area contributed by atoms with Crippen molar-refractivity contribution < 1.29 is 4.39 Å². The van der Waals surface area contributed by atoms with Crippen LogP contribution in [0.4, 0.5) is 15.9 Å². The number of aromatic nitrogens is 2. The molecule has 0 saturated heterocycles. The quantitative estimate of drug-likeness (QED) is 0.900. The number of aryl methyl sites for hydroxylation is 2. The molecule has 0 amide bonds. The van der Waals surface area contributed by atoms with Crippen molar-refractivity contribution in [2.45, 2.75) is 6.92 Å². The van der Waals surface area contributed by atoms with Crippen molar-refractivity contribution in [1.29, 1.82) is 5.26 Å². The van der Waals surface area contributed by atoms with Gasteiger partial charge in [0.25, 0.3) is 0 Å². The summed E-state index contributed by atoms with van der Waals surface area (Å²) in [6, 6.07) is 4.57. The Balaban J connectivity index is 2.51. The van der Waals surface area contributed by atoms with E-state index in [0.29, 0.717) is 27.2 Å². The highest BCUT2D eigenvalue weighted by Crippen LogP contribution is 2.35. The van der Waals surface area contributed by atoms with E-state index in [0.717, 1.165) is 0 Å². The zero-order valence-corrected chi connectivity index (χ0v) is 12.5. The molecule has 4 nitrogen and oxygen atoms in total. The van der Waals surface area contributed by atoms with E-state index in [1.165, 1.54) is 12.1 Å². The summed E-state index contributed by atoms with van der Waals surface area (Å²) in [5.74, 6) is 0.0679. The van der Waals surface area contributed by atoms with Crippen LogP contribution in [0.2, 0.25) is 5.02 Å². The lowest BCUT2D eigenvalue weighted by Gasteiger charge is -2.11. The summed E-state index contributed by atoms with van der Waals surface area (Å²) in [4.78, 5) is 0. The van der Waals surface area contributed by atoms with E-state index < -0.39 is 5.82 Å². The standard InChI is InChI=1S/C12H9BrClFN4/c1-6-8(5-16)12(19(2)18-6)17-11-9(13)3-7(15)4-10(11)14/h3-4,17H,1-2H3. The van der Waals surface area contributed by atoms with Crippen LogP contribution in [-0.4, -0.2) is 9.78 Å². The first-order valence-electron chi connectivity index (χ1n) is 5.29. The first-order chi connectivity index (χ1) is 8.93. The van der Waals surface area contributed by atoms with Gasteiger partial charge >= 0.3 is 0 Å². The molecule has 1 aromatic carbocycles. The van der Waals surface area contributed by atoms with Gasteiger partial charge in [0.15, 0.2) is 0 Å². The monoisotopic (exact) mass is 342 g/mol. The molecule has 0 saturated carbocycles. The van der Waals surface area contributed by atoms with E-state index in [1.807, 2.05) is 0 Å². The number of hydrogen-bond donors (Lipinski definition) is 1. The van der Waals surface area contributed by atoms with Crippen LogP contribution < -0.4 is 5.32 Å². The molecular weight excluding hydrogens is 335 g/mol. The highest BCUT2D eigenvalue weighted by Gasteiger charge is 2.16. The van der Waals surface area contributed by atoms with Gasteiger partial charge in [-0.2, -0.15) is 10.4 Å².